The summed E-state index contributed by atoms with van der Waals surface area (Å²) in [5.74, 6) is 0.743. The van der Waals surface area contributed by atoms with Gasteiger partial charge in [0.05, 0.1) is 5.69 Å². The molecule has 0 fully saturated rings. The predicted molar refractivity (Wildman–Crippen MR) is 147 cm³/mol. The lowest BCUT2D eigenvalue weighted by Gasteiger charge is -2.22. The first-order valence-corrected chi connectivity index (χ1v) is 14.4. The van der Waals surface area contributed by atoms with Gasteiger partial charge in [0.15, 0.2) is 0 Å². The number of nitrogens with zero attached hydrogens (tertiary/aromatic N) is 1. The molecule has 1 aromatic heterocycles. The molecule has 1 atom stereocenters. The topological polar surface area (TPSA) is 42.0 Å². The normalized spacial score (nSPS) is 12.4. The van der Waals surface area contributed by atoms with Crippen LogP contribution < -0.4 is 5.32 Å². The molecule has 0 saturated carbocycles. The summed E-state index contributed by atoms with van der Waals surface area (Å²) >= 11 is 4.84. The minimum atomic E-state index is -0.329. The van der Waals surface area contributed by atoms with Crippen LogP contribution in [0.1, 0.15) is 48.4 Å². The molecule has 3 aromatic rings. The zero-order valence-corrected chi connectivity index (χ0v) is 22.6. The van der Waals surface area contributed by atoms with E-state index in [4.69, 9.17) is 0 Å². The van der Waals surface area contributed by atoms with Crippen molar-refractivity contribution in [2.75, 3.05) is 17.8 Å². The Morgan fingerprint density at radius 3 is 2.24 bits per heavy atom. The lowest BCUT2D eigenvalue weighted by molar-refractivity contribution is -0.115. The van der Waals surface area contributed by atoms with E-state index in [0.29, 0.717) is 0 Å². The number of anilines is 1. The fourth-order valence-corrected chi connectivity index (χ4v) is 5.88. The molecule has 0 radical (unpaired) electrons. The third-order valence-corrected chi connectivity index (χ3v) is 8.08. The van der Waals surface area contributed by atoms with Gasteiger partial charge >= 0.3 is 0 Å². The van der Waals surface area contributed by atoms with Crippen LogP contribution in [0.25, 0.3) is 0 Å². The number of pyridine rings is 1. The molecule has 0 aliphatic heterocycles. The van der Waals surface area contributed by atoms with Gasteiger partial charge in [0.2, 0.25) is 5.91 Å². The molecule has 3 nitrogen and oxygen atoms in total. The number of aromatic nitrogens is 1. The Kier molecular flexibility index (Phi) is 8.96. The average molecular weight is 497 g/mol. The van der Waals surface area contributed by atoms with Gasteiger partial charge in [-0.05, 0) is 47.6 Å². The fourth-order valence-electron chi connectivity index (χ4n) is 3.46. The number of benzene rings is 2. The van der Waals surface area contributed by atoms with Gasteiger partial charge in [0.1, 0.15) is 10.3 Å². The monoisotopic (exact) mass is 496 g/mol. The molecule has 6 heteroatoms. The lowest BCUT2D eigenvalue weighted by Crippen LogP contribution is -2.21. The molecule has 174 valence electrons. The Balaban J connectivity index is 1.92. The number of rotatable bonds is 8. The van der Waals surface area contributed by atoms with Crippen molar-refractivity contribution in [2.45, 2.75) is 54.0 Å². The molecule has 1 amide bonds. The number of nitrogens with one attached hydrogen (secondary N) is 1. The smallest absolute Gasteiger partial charge is 0.242 e. The first kappa shape index (κ1) is 25.7. The summed E-state index contributed by atoms with van der Waals surface area (Å²) < 4.78 is 0. The van der Waals surface area contributed by atoms with Crippen molar-refractivity contribution in [3.63, 3.8) is 0 Å². The number of carbonyl (C=O) groups excluding carboxylic acids is 1. The third-order valence-electron chi connectivity index (χ3n) is 5.32. The molecular formula is C27H32N2OS3. The first-order chi connectivity index (χ1) is 15.7. The van der Waals surface area contributed by atoms with Crippen molar-refractivity contribution in [3.8, 4) is 0 Å². The zero-order valence-electron chi connectivity index (χ0n) is 20.1. The molecule has 1 N–H and O–H groups in total. The van der Waals surface area contributed by atoms with Crippen molar-refractivity contribution >= 4 is 46.9 Å². The summed E-state index contributed by atoms with van der Waals surface area (Å²) in [7, 11) is 0. The van der Waals surface area contributed by atoms with Crippen LogP contribution in [0, 0.1) is 6.92 Å². The SMILES string of the molecule is CSc1cc(C)nc(SC)c1NC(=O)C(SCc1ccccc1)c1ccc(C(C)(C)C)cc1. The van der Waals surface area contributed by atoms with Gasteiger partial charge in [0, 0.05) is 16.3 Å². The van der Waals surface area contributed by atoms with Crippen LogP contribution in [0.2, 0.25) is 0 Å². The molecule has 1 heterocycles. The van der Waals surface area contributed by atoms with Gasteiger partial charge in [-0.3, -0.25) is 4.79 Å². The maximum Gasteiger partial charge on any atom is 0.242 e. The Hall–Kier alpha value is -1.89. The highest BCUT2D eigenvalue weighted by Gasteiger charge is 2.25. The summed E-state index contributed by atoms with van der Waals surface area (Å²) in [5, 5.41) is 3.74. The van der Waals surface area contributed by atoms with Crippen molar-refractivity contribution in [1.82, 2.24) is 4.98 Å². The summed E-state index contributed by atoms with van der Waals surface area (Å²) in [5.41, 5.74) is 5.31. The van der Waals surface area contributed by atoms with Crippen LogP contribution in [-0.2, 0) is 16.0 Å². The maximum absolute atomic E-state index is 13.7. The maximum atomic E-state index is 13.7. The van der Waals surface area contributed by atoms with Gasteiger partial charge in [-0.25, -0.2) is 4.98 Å². The van der Waals surface area contributed by atoms with Gasteiger partial charge < -0.3 is 5.32 Å². The van der Waals surface area contributed by atoms with Crippen LogP contribution in [-0.4, -0.2) is 23.4 Å². The number of hydrogen-bond donors (Lipinski definition) is 1. The molecule has 0 aliphatic rings. The number of carbonyl (C=O) groups is 1. The summed E-state index contributed by atoms with van der Waals surface area (Å²) in [6.45, 7) is 8.60. The van der Waals surface area contributed by atoms with Crippen molar-refractivity contribution in [2.24, 2.45) is 0 Å². The minimum absolute atomic E-state index is 0.0179. The molecule has 0 bridgehead atoms. The van der Waals surface area contributed by atoms with Crippen LogP contribution in [0.4, 0.5) is 5.69 Å². The van der Waals surface area contributed by atoms with E-state index in [1.165, 1.54) is 11.1 Å². The van der Waals surface area contributed by atoms with Gasteiger partial charge in [-0.2, -0.15) is 0 Å². The lowest BCUT2D eigenvalue weighted by atomic mass is 9.86. The van der Waals surface area contributed by atoms with Crippen LogP contribution in [0.3, 0.4) is 0 Å². The van der Waals surface area contributed by atoms with Gasteiger partial charge in [-0.15, -0.1) is 35.3 Å². The molecule has 0 saturated heterocycles. The second-order valence-corrected chi connectivity index (χ2v) is 11.6. The Bertz CT molecular complexity index is 1050. The van der Waals surface area contributed by atoms with Crippen LogP contribution in [0.15, 0.2) is 70.6 Å². The van der Waals surface area contributed by atoms with Gasteiger partial charge in [0.25, 0.3) is 0 Å². The number of amides is 1. The van der Waals surface area contributed by atoms with E-state index in [9.17, 15) is 4.79 Å². The Morgan fingerprint density at radius 1 is 1.00 bits per heavy atom. The van der Waals surface area contributed by atoms with E-state index in [-0.39, 0.29) is 16.6 Å². The van der Waals surface area contributed by atoms with E-state index >= 15 is 0 Å². The highest BCUT2D eigenvalue weighted by Crippen LogP contribution is 2.38. The number of aryl methyl sites for hydroxylation is 1. The fraction of sp³-hybridized carbons (Fsp3) is 0.333. The molecule has 0 spiro atoms. The van der Waals surface area contributed by atoms with Crippen molar-refractivity contribution in [3.05, 3.63) is 83.0 Å². The zero-order chi connectivity index (χ0) is 24.0. The quantitative estimate of drug-likeness (QED) is 0.323. The van der Waals surface area contributed by atoms with E-state index < -0.39 is 0 Å². The minimum Gasteiger partial charge on any atom is -0.322 e. The van der Waals surface area contributed by atoms with E-state index in [1.807, 2.05) is 43.7 Å². The molecule has 33 heavy (non-hydrogen) atoms. The second kappa shape index (κ2) is 11.5. The standard InChI is InChI=1S/C27H32N2OS3/c1-18-16-22(31-5)23(26(28-18)32-6)29-25(30)24(33-17-19-10-8-7-9-11-19)20-12-14-21(15-13-20)27(2,3)4/h7-16,24H,17H2,1-6H3,(H,29,30). The Labute approximate surface area is 210 Å². The highest BCUT2D eigenvalue weighted by molar-refractivity contribution is 8.00. The molecule has 1 unspecified atom stereocenters. The van der Waals surface area contributed by atoms with Crippen LogP contribution >= 0.6 is 35.3 Å². The number of thioether (sulfide) groups is 3. The molecule has 3 rings (SSSR count). The van der Waals surface area contributed by atoms with Crippen molar-refractivity contribution < 1.29 is 4.79 Å². The molecule has 2 aromatic carbocycles. The molecule has 0 aliphatic carbocycles. The second-order valence-electron chi connectivity index (χ2n) is 8.89. The van der Waals surface area contributed by atoms with Gasteiger partial charge in [-0.1, -0.05) is 75.4 Å². The Morgan fingerprint density at radius 2 is 1.67 bits per heavy atom. The van der Waals surface area contributed by atoms with Crippen LogP contribution in [0.5, 0.6) is 0 Å². The van der Waals surface area contributed by atoms with Crippen molar-refractivity contribution in [1.29, 1.82) is 0 Å². The third kappa shape index (κ3) is 6.81. The first-order valence-electron chi connectivity index (χ1n) is 10.9. The summed E-state index contributed by atoms with van der Waals surface area (Å²) in [6.07, 6.45) is 4.02. The van der Waals surface area contributed by atoms with E-state index in [1.54, 1.807) is 35.3 Å². The summed E-state index contributed by atoms with van der Waals surface area (Å²) in [4.78, 5) is 19.3. The number of hydrogen-bond acceptors (Lipinski definition) is 5. The van der Waals surface area contributed by atoms with E-state index in [0.717, 1.165) is 32.6 Å². The molecular weight excluding hydrogens is 465 g/mol. The average Bonchev–Trinajstić information content (AvgIpc) is 2.80. The predicted octanol–water partition coefficient (Wildman–Crippen LogP) is 7.74. The van der Waals surface area contributed by atoms with E-state index in [2.05, 4.69) is 67.5 Å². The largest absolute Gasteiger partial charge is 0.322 e. The summed E-state index contributed by atoms with van der Waals surface area (Å²) in [6, 6.07) is 20.8. The highest BCUT2D eigenvalue weighted by atomic mass is 32.2.